The van der Waals surface area contributed by atoms with Crippen molar-refractivity contribution >= 4 is 29.4 Å². The Labute approximate surface area is 146 Å². The third-order valence-electron chi connectivity index (χ3n) is 3.52. The molecule has 1 rings (SSSR count). The van der Waals surface area contributed by atoms with E-state index in [1.807, 2.05) is 13.8 Å². The van der Waals surface area contributed by atoms with E-state index < -0.39 is 12.0 Å². The Morgan fingerprint density at radius 2 is 1.67 bits per heavy atom. The molecule has 0 aliphatic carbocycles. The summed E-state index contributed by atoms with van der Waals surface area (Å²) >= 11 is 5.79. The van der Waals surface area contributed by atoms with Crippen LogP contribution in [0.15, 0.2) is 24.3 Å². The van der Waals surface area contributed by atoms with Gasteiger partial charge in [0.05, 0.1) is 0 Å². The van der Waals surface area contributed by atoms with E-state index in [-0.39, 0.29) is 30.2 Å². The minimum Gasteiger partial charge on any atom is -0.481 e. The number of nitrogens with one attached hydrogen (secondary N) is 2. The minimum atomic E-state index is -0.910. The minimum absolute atomic E-state index is 0.0229. The van der Waals surface area contributed by atoms with E-state index in [1.54, 1.807) is 31.2 Å². The molecule has 0 aromatic heterocycles. The number of rotatable bonds is 8. The average Bonchev–Trinajstić information content (AvgIpc) is 2.50. The highest BCUT2D eigenvalue weighted by molar-refractivity contribution is 6.30. The second-order valence-electron chi connectivity index (χ2n) is 6.04. The quantitative estimate of drug-likeness (QED) is 0.668. The van der Waals surface area contributed by atoms with E-state index in [2.05, 4.69) is 10.6 Å². The molecule has 1 aromatic rings. The van der Waals surface area contributed by atoms with Gasteiger partial charge in [0.15, 0.2) is 0 Å². The van der Waals surface area contributed by atoms with Crippen molar-refractivity contribution in [2.24, 2.45) is 5.92 Å². The molecule has 0 saturated heterocycles. The second kappa shape index (κ2) is 9.27. The summed E-state index contributed by atoms with van der Waals surface area (Å²) < 4.78 is 0. The van der Waals surface area contributed by atoms with Crippen molar-refractivity contribution in [2.45, 2.75) is 45.7 Å². The molecule has 0 aliphatic rings. The van der Waals surface area contributed by atoms with E-state index in [1.165, 1.54) is 0 Å². The topological polar surface area (TPSA) is 95.5 Å². The maximum absolute atomic E-state index is 12.4. The van der Waals surface area contributed by atoms with Crippen LogP contribution in [-0.4, -0.2) is 35.0 Å². The van der Waals surface area contributed by atoms with Crippen molar-refractivity contribution < 1.29 is 19.5 Å². The summed E-state index contributed by atoms with van der Waals surface area (Å²) in [6.45, 7) is 5.39. The van der Waals surface area contributed by atoms with Crippen LogP contribution < -0.4 is 10.6 Å². The molecule has 24 heavy (non-hydrogen) atoms. The summed E-state index contributed by atoms with van der Waals surface area (Å²) in [6, 6.07) is 5.39. The molecule has 2 atom stereocenters. The summed E-state index contributed by atoms with van der Waals surface area (Å²) in [4.78, 5) is 35.2. The van der Waals surface area contributed by atoms with Gasteiger partial charge in [-0.15, -0.1) is 0 Å². The predicted octanol–water partition coefficient (Wildman–Crippen LogP) is 2.46. The normalized spacial score (nSPS) is 13.2. The van der Waals surface area contributed by atoms with Crippen LogP contribution in [0.2, 0.25) is 5.02 Å². The molecule has 2 amide bonds. The molecule has 0 fully saturated rings. The van der Waals surface area contributed by atoms with Crippen molar-refractivity contribution in [1.82, 2.24) is 10.6 Å². The molecule has 0 radical (unpaired) electrons. The maximum atomic E-state index is 12.4. The highest BCUT2D eigenvalue weighted by Crippen LogP contribution is 2.11. The summed E-state index contributed by atoms with van der Waals surface area (Å²) in [5.74, 6) is -1.72. The third kappa shape index (κ3) is 6.58. The van der Waals surface area contributed by atoms with Gasteiger partial charge in [-0.05, 0) is 43.5 Å². The summed E-state index contributed by atoms with van der Waals surface area (Å²) in [5, 5.41) is 14.7. The number of aliphatic carboxylic acids is 1. The summed E-state index contributed by atoms with van der Waals surface area (Å²) in [5.41, 5.74) is 0.414. The van der Waals surface area contributed by atoms with Crippen LogP contribution in [0.4, 0.5) is 0 Å². The SMILES string of the molecule is CC(CCC(=O)O)NC(=O)C(NC(=O)c1ccc(Cl)cc1)C(C)C. The molecule has 0 aliphatic heterocycles. The number of carboxylic acid groups (broad SMARTS) is 1. The molecule has 6 nitrogen and oxygen atoms in total. The van der Waals surface area contributed by atoms with Crippen molar-refractivity contribution in [3.63, 3.8) is 0 Å². The Morgan fingerprint density at radius 3 is 2.17 bits per heavy atom. The van der Waals surface area contributed by atoms with Gasteiger partial charge in [0.25, 0.3) is 5.91 Å². The number of carbonyl (C=O) groups excluding carboxylic acids is 2. The van der Waals surface area contributed by atoms with Gasteiger partial charge < -0.3 is 15.7 Å². The fourth-order valence-corrected chi connectivity index (χ4v) is 2.23. The van der Waals surface area contributed by atoms with Gasteiger partial charge in [0, 0.05) is 23.0 Å². The number of carboxylic acids is 1. The lowest BCUT2D eigenvalue weighted by Crippen LogP contribution is -2.51. The van der Waals surface area contributed by atoms with Crippen LogP contribution >= 0.6 is 11.6 Å². The first-order chi connectivity index (χ1) is 11.2. The Balaban J connectivity index is 2.68. The average molecular weight is 355 g/mol. The van der Waals surface area contributed by atoms with E-state index in [4.69, 9.17) is 16.7 Å². The predicted molar refractivity (Wildman–Crippen MR) is 92.0 cm³/mol. The molecular weight excluding hydrogens is 332 g/mol. The van der Waals surface area contributed by atoms with E-state index in [9.17, 15) is 14.4 Å². The first-order valence-electron chi connectivity index (χ1n) is 7.79. The van der Waals surface area contributed by atoms with Crippen LogP contribution in [0, 0.1) is 5.92 Å². The monoisotopic (exact) mass is 354 g/mol. The first kappa shape index (κ1) is 20.0. The lowest BCUT2D eigenvalue weighted by atomic mass is 10.0. The fourth-order valence-electron chi connectivity index (χ4n) is 2.11. The number of carbonyl (C=O) groups is 3. The maximum Gasteiger partial charge on any atom is 0.303 e. The van der Waals surface area contributed by atoms with Crippen molar-refractivity contribution in [3.05, 3.63) is 34.9 Å². The van der Waals surface area contributed by atoms with Gasteiger partial charge in [-0.1, -0.05) is 25.4 Å². The van der Waals surface area contributed by atoms with Crippen LogP contribution in [0.5, 0.6) is 0 Å². The van der Waals surface area contributed by atoms with Gasteiger partial charge >= 0.3 is 5.97 Å². The molecule has 0 bridgehead atoms. The smallest absolute Gasteiger partial charge is 0.303 e. The van der Waals surface area contributed by atoms with E-state index >= 15 is 0 Å². The van der Waals surface area contributed by atoms with Crippen molar-refractivity contribution in [1.29, 1.82) is 0 Å². The standard InChI is InChI=1S/C17H23ClN2O4/c1-10(2)15(17(24)19-11(3)4-9-14(21)22)20-16(23)12-5-7-13(18)8-6-12/h5-8,10-11,15H,4,9H2,1-3H3,(H,19,24)(H,20,23)(H,21,22). The Morgan fingerprint density at radius 1 is 1.08 bits per heavy atom. The van der Waals surface area contributed by atoms with Gasteiger partial charge in [-0.2, -0.15) is 0 Å². The molecular formula is C17H23ClN2O4. The molecule has 0 saturated carbocycles. The second-order valence-corrected chi connectivity index (χ2v) is 6.48. The molecule has 2 unspecified atom stereocenters. The molecule has 7 heteroatoms. The number of halogens is 1. The Kier molecular flexibility index (Phi) is 7.71. The van der Waals surface area contributed by atoms with Gasteiger partial charge in [0.1, 0.15) is 6.04 Å². The molecule has 132 valence electrons. The van der Waals surface area contributed by atoms with Gasteiger partial charge in [-0.25, -0.2) is 0 Å². The summed E-state index contributed by atoms with van der Waals surface area (Å²) in [6.07, 6.45) is 0.307. The van der Waals surface area contributed by atoms with E-state index in [0.29, 0.717) is 17.0 Å². The Bertz CT molecular complexity index is 587. The zero-order valence-corrected chi connectivity index (χ0v) is 14.8. The third-order valence-corrected chi connectivity index (χ3v) is 3.77. The largest absolute Gasteiger partial charge is 0.481 e. The molecule has 1 aromatic carbocycles. The van der Waals surface area contributed by atoms with Gasteiger partial charge in [0.2, 0.25) is 5.91 Å². The van der Waals surface area contributed by atoms with E-state index in [0.717, 1.165) is 0 Å². The lowest BCUT2D eigenvalue weighted by molar-refractivity contribution is -0.137. The fraction of sp³-hybridized carbons (Fsp3) is 0.471. The number of hydrogen-bond donors (Lipinski definition) is 3. The van der Waals surface area contributed by atoms with Crippen LogP contribution in [0.3, 0.4) is 0 Å². The highest BCUT2D eigenvalue weighted by atomic mass is 35.5. The number of benzene rings is 1. The number of amides is 2. The van der Waals surface area contributed by atoms with Gasteiger partial charge in [-0.3, -0.25) is 14.4 Å². The van der Waals surface area contributed by atoms with Crippen LogP contribution in [-0.2, 0) is 9.59 Å². The molecule has 3 N–H and O–H groups in total. The molecule has 0 spiro atoms. The lowest BCUT2D eigenvalue weighted by Gasteiger charge is -2.24. The first-order valence-corrected chi connectivity index (χ1v) is 8.17. The van der Waals surface area contributed by atoms with Crippen molar-refractivity contribution in [3.8, 4) is 0 Å². The summed E-state index contributed by atoms with van der Waals surface area (Å²) in [7, 11) is 0. The van der Waals surface area contributed by atoms with Crippen molar-refractivity contribution in [2.75, 3.05) is 0 Å². The number of hydrogen-bond acceptors (Lipinski definition) is 3. The zero-order chi connectivity index (χ0) is 18.3. The van der Waals surface area contributed by atoms with Crippen LogP contribution in [0.1, 0.15) is 44.0 Å². The Hall–Kier alpha value is -2.08. The zero-order valence-electron chi connectivity index (χ0n) is 14.0. The van der Waals surface area contributed by atoms with Crippen LogP contribution in [0.25, 0.3) is 0 Å². The highest BCUT2D eigenvalue weighted by Gasteiger charge is 2.25. The molecule has 0 heterocycles.